The van der Waals surface area contributed by atoms with Gasteiger partial charge in [-0.2, -0.15) is 9.61 Å². The average Bonchev–Trinajstić information content (AvgIpc) is 3.21. The molecule has 140 valence electrons. The van der Waals surface area contributed by atoms with Crippen LogP contribution in [0, 0.1) is 6.92 Å². The van der Waals surface area contributed by atoms with E-state index in [1.807, 2.05) is 24.0 Å². The Morgan fingerprint density at radius 3 is 2.85 bits per heavy atom. The van der Waals surface area contributed by atoms with Crippen molar-refractivity contribution in [2.24, 2.45) is 5.73 Å². The van der Waals surface area contributed by atoms with E-state index in [-0.39, 0.29) is 11.7 Å². The predicted molar refractivity (Wildman–Crippen MR) is 101 cm³/mol. The maximum Gasteiger partial charge on any atom is 0.254 e. The fraction of sp³-hybridized carbons (Fsp3) is 0.294. The highest BCUT2D eigenvalue weighted by atomic mass is 16.3. The van der Waals surface area contributed by atoms with Crippen LogP contribution in [0.25, 0.3) is 5.65 Å². The lowest BCUT2D eigenvalue weighted by Gasteiger charge is -2.18. The van der Waals surface area contributed by atoms with Crippen LogP contribution in [0.5, 0.6) is 0 Å². The van der Waals surface area contributed by atoms with Crippen molar-refractivity contribution in [1.82, 2.24) is 19.6 Å². The number of aromatic nitrogens is 4. The van der Waals surface area contributed by atoms with Gasteiger partial charge in [-0.1, -0.05) is 0 Å². The van der Waals surface area contributed by atoms with Gasteiger partial charge in [-0.3, -0.25) is 4.79 Å². The Balaban J connectivity index is 1.68. The molecule has 6 N–H and O–H groups in total. The topological polar surface area (TPSA) is 148 Å². The lowest BCUT2D eigenvalue weighted by molar-refractivity contribution is 0.100. The number of primary amides is 1. The molecule has 1 aliphatic rings. The van der Waals surface area contributed by atoms with Gasteiger partial charge in [0.05, 0.1) is 12.3 Å². The molecule has 10 nitrogen and oxygen atoms in total. The molecule has 4 rings (SSSR count). The lowest BCUT2D eigenvalue weighted by atomic mass is 10.3. The molecule has 1 saturated heterocycles. The van der Waals surface area contributed by atoms with Crippen LogP contribution in [0.4, 0.5) is 23.1 Å². The number of rotatable bonds is 4. The number of fused-ring (bicyclic) bond motifs is 1. The normalized spacial score (nSPS) is 16.8. The number of aryl methyl sites for hydroxylation is 1. The van der Waals surface area contributed by atoms with Crippen LogP contribution >= 0.6 is 0 Å². The van der Waals surface area contributed by atoms with Gasteiger partial charge in [0.15, 0.2) is 5.65 Å². The summed E-state index contributed by atoms with van der Waals surface area (Å²) in [4.78, 5) is 22.5. The van der Waals surface area contributed by atoms with Crippen molar-refractivity contribution < 1.29 is 9.90 Å². The molecule has 0 radical (unpaired) electrons. The minimum absolute atomic E-state index is 0.197. The molecular weight excluding hydrogens is 348 g/mol. The summed E-state index contributed by atoms with van der Waals surface area (Å²) in [5.41, 5.74) is 13.5. The summed E-state index contributed by atoms with van der Waals surface area (Å²) in [5, 5.41) is 17.0. The maximum atomic E-state index is 11.6. The van der Waals surface area contributed by atoms with Gasteiger partial charge in [0, 0.05) is 36.6 Å². The second kappa shape index (κ2) is 6.40. The van der Waals surface area contributed by atoms with Crippen LogP contribution < -0.4 is 21.7 Å². The van der Waals surface area contributed by atoms with Gasteiger partial charge in [-0.05, 0) is 19.4 Å². The fourth-order valence-electron chi connectivity index (χ4n) is 3.21. The summed E-state index contributed by atoms with van der Waals surface area (Å²) < 4.78 is 1.36. The Morgan fingerprint density at radius 2 is 2.15 bits per heavy atom. The number of nitrogens with zero attached hydrogens (tertiary/aromatic N) is 5. The number of hydrogen-bond acceptors (Lipinski definition) is 8. The summed E-state index contributed by atoms with van der Waals surface area (Å²) >= 11 is 0. The number of nitrogen functional groups attached to an aromatic ring is 1. The molecule has 0 saturated carbocycles. The number of pyridine rings is 1. The van der Waals surface area contributed by atoms with Gasteiger partial charge >= 0.3 is 0 Å². The number of β-amino-alcohol motifs (C(OH)–C–C–N with tert-alkyl or cyclic N) is 1. The number of nitrogens with one attached hydrogen (secondary N) is 1. The van der Waals surface area contributed by atoms with Gasteiger partial charge in [-0.15, -0.1) is 0 Å². The molecule has 0 unspecified atom stereocenters. The quantitative estimate of drug-likeness (QED) is 0.518. The summed E-state index contributed by atoms with van der Waals surface area (Å²) in [6, 6.07) is 5.39. The molecule has 4 heterocycles. The number of nitrogens with two attached hydrogens (primary N) is 2. The van der Waals surface area contributed by atoms with Gasteiger partial charge in [0.2, 0.25) is 0 Å². The molecule has 0 aromatic carbocycles. The average molecular weight is 368 g/mol. The Kier molecular flexibility index (Phi) is 4.04. The van der Waals surface area contributed by atoms with E-state index in [0.717, 1.165) is 30.2 Å². The van der Waals surface area contributed by atoms with Crippen LogP contribution in [0.15, 0.2) is 24.4 Å². The third-order valence-electron chi connectivity index (χ3n) is 4.46. The highest BCUT2D eigenvalue weighted by molar-refractivity contribution is 5.98. The van der Waals surface area contributed by atoms with Crippen molar-refractivity contribution in [3.05, 3.63) is 35.7 Å². The van der Waals surface area contributed by atoms with Crippen LogP contribution in [0.1, 0.15) is 22.5 Å². The van der Waals surface area contributed by atoms with E-state index in [1.54, 1.807) is 6.07 Å². The largest absolute Gasteiger partial charge is 0.391 e. The zero-order valence-corrected chi connectivity index (χ0v) is 14.8. The second-order valence-corrected chi connectivity index (χ2v) is 6.59. The van der Waals surface area contributed by atoms with Crippen molar-refractivity contribution in [3.8, 4) is 0 Å². The molecule has 27 heavy (non-hydrogen) atoms. The summed E-state index contributed by atoms with van der Waals surface area (Å²) in [5.74, 6) is 0.943. The third kappa shape index (κ3) is 3.22. The highest BCUT2D eigenvalue weighted by Gasteiger charge is 2.22. The van der Waals surface area contributed by atoms with Crippen molar-refractivity contribution >= 4 is 34.7 Å². The van der Waals surface area contributed by atoms with E-state index in [0.29, 0.717) is 23.8 Å². The molecule has 0 aliphatic carbocycles. The molecule has 1 aliphatic heterocycles. The number of carbonyl (C=O) groups is 1. The zero-order chi connectivity index (χ0) is 19.1. The molecular formula is C17H20N8O2. The first-order valence-electron chi connectivity index (χ1n) is 8.53. The zero-order valence-electron chi connectivity index (χ0n) is 14.8. The number of carbonyl (C=O) groups excluding carboxylic acids is 1. The van der Waals surface area contributed by atoms with Gasteiger partial charge in [-0.25, -0.2) is 9.97 Å². The lowest BCUT2D eigenvalue weighted by Crippen LogP contribution is -2.22. The van der Waals surface area contributed by atoms with Crippen molar-refractivity contribution in [2.45, 2.75) is 19.4 Å². The van der Waals surface area contributed by atoms with Crippen LogP contribution in [0.2, 0.25) is 0 Å². The first kappa shape index (κ1) is 17.0. The molecule has 1 atom stereocenters. The Bertz CT molecular complexity index is 1030. The Morgan fingerprint density at radius 1 is 1.33 bits per heavy atom. The van der Waals surface area contributed by atoms with Gasteiger partial charge in [0.25, 0.3) is 5.91 Å². The number of hydrogen-bond donors (Lipinski definition) is 4. The SMILES string of the molecule is Cc1cc(Nc2cc(N)n3ncc(C(N)=O)c3n2)cc(N2CC[C@@H](O)C2)n1. The van der Waals surface area contributed by atoms with Crippen LogP contribution in [0.3, 0.4) is 0 Å². The van der Waals surface area contributed by atoms with E-state index < -0.39 is 5.91 Å². The first-order chi connectivity index (χ1) is 12.9. The minimum atomic E-state index is -0.622. The standard InChI is InChI=1S/C17H20N8O2/c1-9-4-10(5-15(21-9)24-3-2-11(26)8-24)22-14-6-13(18)25-17(23-14)12(7-20-25)16(19)27/h4-7,11,26H,2-3,8,18H2,1H3,(H2,19,27)(H,21,22,23)/t11-/m1/s1. The van der Waals surface area contributed by atoms with Crippen molar-refractivity contribution in [3.63, 3.8) is 0 Å². The summed E-state index contributed by atoms with van der Waals surface area (Å²) in [7, 11) is 0. The molecule has 1 amide bonds. The number of aliphatic hydroxyl groups excluding tert-OH is 1. The van der Waals surface area contributed by atoms with E-state index >= 15 is 0 Å². The van der Waals surface area contributed by atoms with E-state index in [2.05, 4.69) is 20.4 Å². The van der Waals surface area contributed by atoms with E-state index in [1.165, 1.54) is 10.7 Å². The molecule has 0 spiro atoms. The third-order valence-corrected chi connectivity index (χ3v) is 4.46. The summed E-state index contributed by atoms with van der Waals surface area (Å²) in [6.45, 7) is 3.21. The second-order valence-electron chi connectivity index (χ2n) is 6.59. The minimum Gasteiger partial charge on any atom is -0.391 e. The van der Waals surface area contributed by atoms with Crippen LogP contribution in [-0.4, -0.2) is 49.8 Å². The molecule has 3 aromatic heterocycles. The first-order valence-corrected chi connectivity index (χ1v) is 8.53. The number of aliphatic hydroxyl groups is 1. The molecule has 1 fully saturated rings. The molecule has 0 bridgehead atoms. The maximum absolute atomic E-state index is 11.6. The number of amides is 1. The number of anilines is 4. The fourth-order valence-corrected chi connectivity index (χ4v) is 3.21. The Hall–Kier alpha value is -3.40. The Labute approximate surface area is 154 Å². The summed E-state index contributed by atoms with van der Waals surface area (Å²) in [6.07, 6.45) is 1.74. The molecule has 10 heteroatoms. The van der Waals surface area contributed by atoms with Crippen LogP contribution in [-0.2, 0) is 0 Å². The van der Waals surface area contributed by atoms with Crippen molar-refractivity contribution in [2.75, 3.05) is 29.0 Å². The monoisotopic (exact) mass is 368 g/mol. The molecule has 3 aromatic rings. The smallest absolute Gasteiger partial charge is 0.254 e. The van der Waals surface area contributed by atoms with Crippen molar-refractivity contribution in [1.29, 1.82) is 0 Å². The van der Waals surface area contributed by atoms with E-state index in [4.69, 9.17) is 11.5 Å². The predicted octanol–water partition coefficient (Wildman–Crippen LogP) is 0.428. The van der Waals surface area contributed by atoms with E-state index in [9.17, 15) is 9.90 Å². The highest BCUT2D eigenvalue weighted by Crippen LogP contribution is 2.25. The van der Waals surface area contributed by atoms with Gasteiger partial charge in [0.1, 0.15) is 23.0 Å². The van der Waals surface area contributed by atoms with Gasteiger partial charge < -0.3 is 26.8 Å².